The van der Waals surface area contributed by atoms with E-state index in [1.807, 2.05) is 24.3 Å². The number of amides is 1. The van der Waals surface area contributed by atoms with Crippen molar-refractivity contribution in [2.75, 3.05) is 26.0 Å². The number of rotatable bonds is 3. The molecule has 1 aliphatic carbocycles. The maximum absolute atomic E-state index is 12.4. The van der Waals surface area contributed by atoms with Gasteiger partial charge in [0.1, 0.15) is 0 Å². The van der Waals surface area contributed by atoms with Crippen LogP contribution in [0.4, 0.5) is 0 Å². The van der Waals surface area contributed by atoms with E-state index < -0.39 is 10.0 Å². The van der Waals surface area contributed by atoms with E-state index in [1.54, 1.807) is 4.90 Å². The predicted molar refractivity (Wildman–Crippen MR) is 106 cm³/mol. The molecule has 150 valence electrons. The number of carbonyl (C=O) groups is 1. The van der Waals surface area contributed by atoms with Gasteiger partial charge >= 0.3 is 0 Å². The molecule has 3 fully saturated rings. The van der Waals surface area contributed by atoms with Crippen molar-refractivity contribution in [3.05, 3.63) is 35.4 Å². The number of benzene rings is 1. The Balaban J connectivity index is 1.53. The minimum absolute atomic E-state index is 0.0738. The van der Waals surface area contributed by atoms with Gasteiger partial charge in [0, 0.05) is 23.9 Å². The lowest BCUT2D eigenvalue weighted by molar-refractivity contribution is -0.158. The Hall–Kier alpha value is -1.88. The van der Waals surface area contributed by atoms with E-state index in [-0.39, 0.29) is 43.6 Å². The molecule has 1 aromatic carbocycles. The van der Waals surface area contributed by atoms with Gasteiger partial charge in [-0.3, -0.25) is 4.79 Å². The molecule has 1 saturated carbocycles. The summed E-state index contributed by atoms with van der Waals surface area (Å²) in [6.45, 7) is -0.00174. The van der Waals surface area contributed by atoms with Crippen LogP contribution in [-0.2, 0) is 14.8 Å². The highest BCUT2D eigenvalue weighted by molar-refractivity contribution is 7.88. The van der Waals surface area contributed by atoms with Crippen LogP contribution in [-0.4, -0.2) is 66.7 Å². The molecular weight excluding hydrogens is 376 g/mol. The molecule has 0 spiro atoms. The van der Waals surface area contributed by atoms with Crippen molar-refractivity contribution < 1.29 is 18.3 Å². The Morgan fingerprint density at radius 3 is 2.46 bits per heavy atom. The number of piperazine rings is 1. The van der Waals surface area contributed by atoms with E-state index in [2.05, 4.69) is 11.8 Å². The average Bonchev–Trinajstić information content (AvgIpc) is 3.15. The van der Waals surface area contributed by atoms with E-state index in [4.69, 9.17) is 0 Å². The largest absolute Gasteiger partial charge is 0.394 e. The highest BCUT2D eigenvalue weighted by atomic mass is 32.2. The minimum atomic E-state index is -3.43. The molecule has 28 heavy (non-hydrogen) atoms. The third-order valence-electron chi connectivity index (χ3n) is 6.26. The lowest BCUT2D eigenvalue weighted by Crippen LogP contribution is -2.73. The number of aliphatic hydroxyl groups excluding tert-OH is 1. The highest BCUT2D eigenvalue weighted by Gasteiger charge is 2.54. The van der Waals surface area contributed by atoms with Gasteiger partial charge < -0.3 is 10.0 Å². The number of hydrogen-bond donors (Lipinski definition) is 1. The van der Waals surface area contributed by atoms with Gasteiger partial charge in [0.15, 0.2) is 0 Å². The van der Waals surface area contributed by atoms with E-state index in [1.165, 1.54) is 30.0 Å². The quantitative estimate of drug-likeness (QED) is 0.770. The second-order valence-corrected chi connectivity index (χ2v) is 10.1. The second-order valence-electron chi connectivity index (χ2n) is 8.07. The smallest absolute Gasteiger partial charge is 0.238 e. The summed E-state index contributed by atoms with van der Waals surface area (Å²) in [5, 5.41) is 9.81. The highest BCUT2D eigenvalue weighted by Crippen LogP contribution is 2.43. The number of sulfonamides is 1. The van der Waals surface area contributed by atoms with Crippen LogP contribution in [0.25, 0.3) is 0 Å². The molecule has 3 atom stereocenters. The fourth-order valence-electron chi connectivity index (χ4n) is 4.77. The fourth-order valence-corrected chi connectivity index (χ4v) is 5.54. The van der Waals surface area contributed by atoms with Gasteiger partial charge in [-0.25, -0.2) is 8.42 Å². The Kier molecular flexibility index (Phi) is 5.21. The van der Waals surface area contributed by atoms with Crippen LogP contribution in [0.3, 0.4) is 0 Å². The van der Waals surface area contributed by atoms with Crippen molar-refractivity contribution in [1.82, 2.24) is 9.21 Å². The standard InChI is InChI=1S/C21H26N2O4S/c1-28(26,27)22-12-18-21(19(14-24)23(18)20(25)13-22)17-10-8-16(9-11-17)7-6-15-4-2-3-5-15/h8-11,15,18-19,21,24H,2-5,12-14H2,1H3/t18-,19-,21+/m1/s1. The van der Waals surface area contributed by atoms with E-state index in [9.17, 15) is 18.3 Å². The van der Waals surface area contributed by atoms with Crippen LogP contribution in [0.15, 0.2) is 24.3 Å². The Labute approximate surface area is 166 Å². The molecule has 0 aromatic heterocycles. The summed E-state index contributed by atoms with van der Waals surface area (Å²) >= 11 is 0. The van der Waals surface area contributed by atoms with Gasteiger partial charge in [0.05, 0.1) is 31.5 Å². The first-order valence-corrected chi connectivity index (χ1v) is 11.7. The Bertz CT molecular complexity index is 910. The molecule has 6 nitrogen and oxygen atoms in total. The minimum Gasteiger partial charge on any atom is -0.394 e. The molecule has 0 unspecified atom stereocenters. The lowest BCUT2D eigenvalue weighted by Gasteiger charge is -2.58. The number of aliphatic hydroxyl groups is 1. The first-order chi connectivity index (χ1) is 13.4. The molecule has 7 heteroatoms. The Morgan fingerprint density at radius 2 is 1.86 bits per heavy atom. The zero-order valence-corrected chi connectivity index (χ0v) is 16.9. The molecule has 1 N–H and O–H groups in total. The van der Waals surface area contributed by atoms with Crippen LogP contribution in [0, 0.1) is 17.8 Å². The van der Waals surface area contributed by atoms with Gasteiger partial charge in [-0.15, -0.1) is 0 Å². The average molecular weight is 403 g/mol. The molecule has 1 amide bonds. The lowest BCUT2D eigenvalue weighted by atomic mass is 9.74. The summed E-state index contributed by atoms with van der Waals surface area (Å²) in [6.07, 6.45) is 6.04. The maximum Gasteiger partial charge on any atom is 0.238 e. The second kappa shape index (κ2) is 7.51. The summed E-state index contributed by atoms with van der Waals surface area (Å²) in [7, 11) is -3.43. The van der Waals surface area contributed by atoms with E-state index in [0.29, 0.717) is 5.92 Å². The molecule has 1 aromatic rings. The van der Waals surface area contributed by atoms with Gasteiger partial charge in [0.2, 0.25) is 15.9 Å². The number of nitrogens with zero attached hydrogens (tertiary/aromatic N) is 2. The van der Waals surface area contributed by atoms with Crippen molar-refractivity contribution in [2.45, 2.75) is 43.7 Å². The number of carbonyl (C=O) groups excluding carboxylic acids is 1. The van der Waals surface area contributed by atoms with Crippen molar-refractivity contribution in [1.29, 1.82) is 0 Å². The van der Waals surface area contributed by atoms with Gasteiger partial charge in [-0.1, -0.05) is 36.8 Å². The van der Waals surface area contributed by atoms with Gasteiger partial charge in [-0.05, 0) is 30.5 Å². The van der Waals surface area contributed by atoms with Crippen molar-refractivity contribution in [3.8, 4) is 11.8 Å². The van der Waals surface area contributed by atoms with Crippen LogP contribution in [0.2, 0.25) is 0 Å². The third-order valence-corrected chi connectivity index (χ3v) is 7.48. The van der Waals surface area contributed by atoms with Crippen LogP contribution >= 0.6 is 0 Å². The zero-order valence-electron chi connectivity index (χ0n) is 16.0. The fraction of sp³-hybridized carbons (Fsp3) is 0.571. The normalized spacial score (nSPS) is 28.4. The van der Waals surface area contributed by atoms with Crippen molar-refractivity contribution in [2.24, 2.45) is 5.92 Å². The van der Waals surface area contributed by atoms with E-state index in [0.717, 1.165) is 17.4 Å². The maximum atomic E-state index is 12.4. The molecular formula is C21H26N2O4S. The molecule has 3 aliphatic rings. The predicted octanol–water partition coefficient (Wildman–Crippen LogP) is 1.16. The summed E-state index contributed by atoms with van der Waals surface area (Å²) in [5.74, 6) is 6.80. The monoisotopic (exact) mass is 402 g/mol. The summed E-state index contributed by atoms with van der Waals surface area (Å²) < 4.78 is 25.1. The number of hydrogen-bond acceptors (Lipinski definition) is 4. The molecule has 2 heterocycles. The van der Waals surface area contributed by atoms with E-state index >= 15 is 0 Å². The topological polar surface area (TPSA) is 77.9 Å². The molecule has 0 radical (unpaired) electrons. The summed E-state index contributed by atoms with van der Waals surface area (Å²) in [5.41, 5.74) is 1.97. The molecule has 4 rings (SSSR count). The SMILES string of the molecule is CS(=O)(=O)N1CC(=O)N2[C@H](CO)[C@@H](c3ccc(C#CC4CCCC4)cc3)[C@H]2C1. The third kappa shape index (κ3) is 3.57. The summed E-state index contributed by atoms with van der Waals surface area (Å²) in [4.78, 5) is 14.1. The first-order valence-electron chi connectivity index (χ1n) is 9.87. The number of fused-ring (bicyclic) bond motifs is 1. The Morgan fingerprint density at radius 1 is 1.18 bits per heavy atom. The summed E-state index contributed by atoms with van der Waals surface area (Å²) in [6, 6.07) is 7.42. The van der Waals surface area contributed by atoms with Crippen molar-refractivity contribution >= 4 is 15.9 Å². The van der Waals surface area contributed by atoms with Crippen LogP contribution in [0.5, 0.6) is 0 Å². The molecule has 0 bridgehead atoms. The van der Waals surface area contributed by atoms with Crippen molar-refractivity contribution in [3.63, 3.8) is 0 Å². The van der Waals surface area contributed by atoms with Crippen LogP contribution < -0.4 is 0 Å². The van der Waals surface area contributed by atoms with Crippen LogP contribution in [0.1, 0.15) is 42.7 Å². The molecule has 2 saturated heterocycles. The first kappa shape index (κ1) is 19.4. The van der Waals surface area contributed by atoms with Gasteiger partial charge in [0.25, 0.3) is 0 Å². The molecule has 2 aliphatic heterocycles. The zero-order chi connectivity index (χ0) is 19.9. The van der Waals surface area contributed by atoms with Gasteiger partial charge in [-0.2, -0.15) is 4.31 Å².